The molecule has 1 aromatic rings. The van der Waals surface area contributed by atoms with Crippen LogP contribution in [0.4, 0.5) is 5.69 Å². The van der Waals surface area contributed by atoms with E-state index in [-0.39, 0.29) is 10.6 Å². The molecule has 0 bridgehead atoms. The van der Waals surface area contributed by atoms with E-state index >= 15 is 0 Å². The highest BCUT2D eigenvalue weighted by Gasteiger charge is 2.20. The minimum Gasteiger partial charge on any atom is -0.315 e. The van der Waals surface area contributed by atoms with Gasteiger partial charge in [-0.25, -0.2) is 0 Å². The van der Waals surface area contributed by atoms with E-state index in [2.05, 4.69) is 17.1 Å². The van der Waals surface area contributed by atoms with Crippen molar-refractivity contribution in [1.82, 2.24) is 10.2 Å². The number of nitrogens with zero attached hydrogens (tertiary/aromatic N) is 2. The lowest BCUT2D eigenvalue weighted by molar-refractivity contribution is -0.384. The van der Waals surface area contributed by atoms with Crippen molar-refractivity contribution >= 4 is 5.69 Å². The largest absolute Gasteiger partial charge is 0.315 e. The summed E-state index contributed by atoms with van der Waals surface area (Å²) >= 11 is 0. The molecule has 0 radical (unpaired) electrons. The van der Waals surface area contributed by atoms with Gasteiger partial charge in [0.15, 0.2) is 0 Å². The second-order valence-electron chi connectivity index (χ2n) is 4.99. The van der Waals surface area contributed by atoms with E-state index in [1.165, 1.54) is 12.8 Å². The van der Waals surface area contributed by atoms with E-state index in [1.54, 1.807) is 18.2 Å². The molecule has 1 fully saturated rings. The van der Waals surface area contributed by atoms with Crippen LogP contribution in [-0.4, -0.2) is 35.5 Å². The monoisotopic (exact) mass is 263 g/mol. The maximum Gasteiger partial charge on any atom is 0.269 e. The molecule has 19 heavy (non-hydrogen) atoms. The van der Waals surface area contributed by atoms with Crippen LogP contribution in [0.1, 0.15) is 25.3 Å². The van der Waals surface area contributed by atoms with Crippen molar-refractivity contribution in [3.8, 4) is 0 Å². The Morgan fingerprint density at radius 3 is 3.00 bits per heavy atom. The fraction of sp³-hybridized carbons (Fsp3) is 0.571. The number of rotatable bonds is 5. The van der Waals surface area contributed by atoms with Crippen molar-refractivity contribution in [1.29, 1.82) is 0 Å². The van der Waals surface area contributed by atoms with E-state index in [9.17, 15) is 10.1 Å². The first-order valence-electron chi connectivity index (χ1n) is 6.89. The molecular weight excluding hydrogens is 242 g/mol. The number of hydrogen-bond acceptors (Lipinski definition) is 4. The van der Waals surface area contributed by atoms with Crippen LogP contribution in [0.25, 0.3) is 0 Å². The Bertz CT molecular complexity index is 430. The SMILES string of the molecule is CCN(Cc1cccc([N+](=O)[O-])c1)C1CCCNC1. The molecule has 2 rings (SSSR count). The molecule has 1 atom stereocenters. The quantitative estimate of drug-likeness (QED) is 0.653. The van der Waals surface area contributed by atoms with Crippen molar-refractivity contribution in [3.05, 3.63) is 39.9 Å². The summed E-state index contributed by atoms with van der Waals surface area (Å²) in [6.45, 7) is 6.01. The molecule has 0 aromatic heterocycles. The summed E-state index contributed by atoms with van der Waals surface area (Å²) in [5.41, 5.74) is 1.19. The minimum absolute atomic E-state index is 0.176. The molecule has 1 aromatic carbocycles. The normalized spacial score (nSPS) is 19.6. The second kappa shape index (κ2) is 6.63. The number of hydrogen-bond donors (Lipinski definition) is 1. The third kappa shape index (κ3) is 3.75. The van der Waals surface area contributed by atoms with Crippen LogP contribution in [0.5, 0.6) is 0 Å². The lowest BCUT2D eigenvalue weighted by Crippen LogP contribution is -2.45. The van der Waals surface area contributed by atoms with Crippen LogP contribution >= 0.6 is 0 Å². The number of non-ortho nitro benzene ring substituents is 1. The maximum absolute atomic E-state index is 10.8. The zero-order chi connectivity index (χ0) is 13.7. The Morgan fingerprint density at radius 1 is 1.53 bits per heavy atom. The summed E-state index contributed by atoms with van der Waals surface area (Å²) in [5.74, 6) is 0. The van der Waals surface area contributed by atoms with E-state index in [1.807, 2.05) is 6.07 Å². The highest BCUT2D eigenvalue weighted by Crippen LogP contribution is 2.18. The number of nitro groups is 1. The van der Waals surface area contributed by atoms with Crippen molar-refractivity contribution in [2.45, 2.75) is 32.4 Å². The van der Waals surface area contributed by atoms with Crippen LogP contribution in [0.15, 0.2) is 24.3 Å². The summed E-state index contributed by atoms with van der Waals surface area (Å²) in [4.78, 5) is 12.9. The molecule has 0 saturated carbocycles. The Morgan fingerprint density at radius 2 is 2.37 bits per heavy atom. The summed E-state index contributed by atoms with van der Waals surface area (Å²) in [6.07, 6.45) is 2.41. The van der Waals surface area contributed by atoms with Gasteiger partial charge in [0.25, 0.3) is 5.69 Å². The highest BCUT2D eigenvalue weighted by molar-refractivity contribution is 5.34. The molecule has 1 heterocycles. The fourth-order valence-corrected chi connectivity index (χ4v) is 2.65. The van der Waals surface area contributed by atoms with Crippen molar-refractivity contribution in [2.24, 2.45) is 0 Å². The van der Waals surface area contributed by atoms with Gasteiger partial charge in [-0.3, -0.25) is 15.0 Å². The van der Waals surface area contributed by atoms with Crippen LogP contribution < -0.4 is 5.32 Å². The molecular formula is C14H21N3O2. The van der Waals surface area contributed by atoms with E-state index in [0.29, 0.717) is 6.04 Å². The van der Waals surface area contributed by atoms with Crippen molar-refractivity contribution < 1.29 is 4.92 Å². The van der Waals surface area contributed by atoms with Gasteiger partial charge < -0.3 is 5.32 Å². The maximum atomic E-state index is 10.8. The predicted molar refractivity (Wildman–Crippen MR) is 75.1 cm³/mol. The molecule has 0 aliphatic carbocycles. The first-order valence-corrected chi connectivity index (χ1v) is 6.89. The van der Waals surface area contributed by atoms with E-state index < -0.39 is 0 Å². The number of likely N-dealkylation sites (N-methyl/N-ethyl adjacent to an activating group) is 1. The second-order valence-corrected chi connectivity index (χ2v) is 4.99. The summed E-state index contributed by atoms with van der Waals surface area (Å²) < 4.78 is 0. The lowest BCUT2D eigenvalue weighted by Gasteiger charge is -2.33. The molecule has 0 spiro atoms. The first-order chi connectivity index (χ1) is 9.20. The molecule has 5 nitrogen and oxygen atoms in total. The average Bonchev–Trinajstić information content (AvgIpc) is 2.46. The van der Waals surface area contributed by atoms with Gasteiger partial charge in [-0.05, 0) is 31.5 Å². The molecule has 5 heteroatoms. The Hall–Kier alpha value is -1.46. The van der Waals surface area contributed by atoms with E-state index in [4.69, 9.17) is 0 Å². The van der Waals surface area contributed by atoms with Gasteiger partial charge >= 0.3 is 0 Å². The lowest BCUT2D eigenvalue weighted by atomic mass is 10.0. The average molecular weight is 263 g/mol. The van der Waals surface area contributed by atoms with Gasteiger partial charge in [-0.1, -0.05) is 19.1 Å². The fourth-order valence-electron chi connectivity index (χ4n) is 2.65. The summed E-state index contributed by atoms with van der Waals surface area (Å²) in [7, 11) is 0. The smallest absolute Gasteiger partial charge is 0.269 e. The summed E-state index contributed by atoms with van der Waals surface area (Å²) in [5, 5.41) is 14.2. The predicted octanol–water partition coefficient (Wildman–Crippen LogP) is 2.17. The number of nitro benzene ring substituents is 1. The topological polar surface area (TPSA) is 58.4 Å². The van der Waals surface area contributed by atoms with E-state index in [0.717, 1.165) is 31.7 Å². The zero-order valence-corrected chi connectivity index (χ0v) is 11.3. The van der Waals surface area contributed by atoms with Gasteiger partial charge in [0, 0.05) is 31.3 Å². The molecule has 104 valence electrons. The number of nitrogens with one attached hydrogen (secondary N) is 1. The Labute approximate surface area is 113 Å². The molecule has 1 saturated heterocycles. The standard InChI is InChI=1S/C14H21N3O2/c1-2-16(14-7-4-8-15-10-14)11-12-5-3-6-13(9-12)17(18)19/h3,5-6,9,14-15H,2,4,7-8,10-11H2,1H3. The molecule has 1 aliphatic heterocycles. The third-order valence-corrected chi connectivity index (χ3v) is 3.70. The number of piperidine rings is 1. The van der Waals surface area contributed by atoms with Gasteiger partial charge in [0.05, 0.1) is 4.92 Å². The highest BCUT2D eigenvalue weighted by atomic mass is 16.6. The van der Waals surface area contributed by atoms with Gasteiger partial charge in [0.1, 0.15) is 0 Å². The molecule has 0 amide bonds. The Balaban J connectivity index is 2.04. The van der Waals surface area contributed by atoms with Crippen LogP contribution in [-0.2, 0) is 6.54 Å². The van der Waals surface area contributed by atoms with Crippen LogP contribution in [0.2, 0.25) is 0 Å². The van der Waals surface area contributed by atoms with Crippen molar-refractivity contribution in [3.63, 3.8) is 0 Å². The number of benzene rings is 1. The Kier molecular flexibility index (Phi) is 4.87. The zero-order valence-electron chi connectivity index (χ0n) is 11.3. The molecule has 1 aliphatic rings. The minimum atomic E-state index is -0.331. The van der Waals surface area contributed by atoms with Crippen LogP contribution in [0, 0.1) is 10.1 Å². The summed E-state index contributed by atoms with van der Waals surface area (Å²) in [6, 6.07) is 7.49. The molecule has 1 unspecified atom stereocenters. The van der Waals surface area contributed by atoms with Gasteiger partial charge in [0.2, 0.25) is 0 Å². The third-order valence-electron chi connectivity index (χ3n) is 3.70. The molecule has 1 N–H and O–H groups in total. The van der Waals surface area contributed by atoms with Gasteiger partial charge in [-0.2, -0.15) is 0 Å². The van der Waals surface area contributed by atoms with Gasteiger partial charge in [-0.15, -0.1) is 0 Å². The first kappa shape index (κ1) is 14.0. The van der Waals surface area contributed by atoms with Crippen molar-refractivity contribution in [2.75, 3.05) is 19.6 Å². The van der Waals surface area contributed by atoms with Crippen LogP contribution in [0.3, 0.4) is 0 Å².